The number of fused-ring (bicyclic) bond motifs is 2. The fraction of sp³-hybridized carbons (Fsp3) is 0.333. The van der Waals surface area contributed by atoms with Gasteiger partial charge in [0.15, 0.2) is 11.6 Å². The Balaban J connectivity index is 2.02. The standard InChI is InChI=1S/C21H22O5/c1-12(2)8-9-26-11-16-17(25-3)10-15-18(21(16)24)20(23)14-7-5-4-6-13(14)19(15)22/h4-7,10,12,24H,8-9,11H2,1-3H3. The van der Waals surface area contributed by atoms with Gasteiger partial charge in [0.05, 0.1) is 24.8 Å². The highest BCUT2D eigenvalue weighted by Crippen LogP contribution is 2.40. The van der Waals surface area contributed by atoms with E-state index in [2.05, 4.69) is 13.8 Å². The molecular formula is C21H22O5. The van der Waals surface area contributed by atoms with Crippen LogP contribution in [0, 0.1) is 5.92 Å². The van der Waals surface area contributed by atoms with Crippen molar-refractivity contribution < 1.29 is 24.2 Å². The van der Waals surface area contributed by atoms with Crippen LogP contribution in [-0.4, -0.2) is 30.4 Å². The second kappa shape index (κ2) is 7.30. The van der Waals surface area contributed by atoms with Crippen molar-refractivity contribution >= 4 is 11.6 Å². The van der Waals surface area contributed by atoms with E-state index in [0.717, 1.165) is 6.42 Å². The summed E-state index contributed by atoms with van der Waals surface area (Å²) in [6, 6.07) is 8.15. The lowest BCUT2D eigenvalue weighted by molar-refractivity contribution is 0.0970. The van der Waals surface area contributed by atoms with Gasteiger partial charge in [0.25, 0.3) is 0 Å². The largest absolute Gasteiger partial charge is 0.507 e. The lowest BCUT2D eigenvalue weighted by atomic mass is 9.82. The molecule has 0 radical (unpaired) electrons. The molecular weight excluding hydrogens is 332 g/mol. The lowest BCUT2D eigenvalue weighted by Crippen LogP contribution is -2.22. The summed E-state index contributed by atoms with van der Waals surface area (Å²) in [6.07, 6.45) is 0.888. The van der Waals surface area contributed by atoms with Gasteiger partial charge >= 0.3 is 0 Å². The number of methoxy groups -OCH3 is 1. The molecule has 136 valence electrons. The maximum absolute atomic E-state index is 12.9. The molecule has 2 aromatic rings. The maximum atomic E-state index is 12.9. The molecule has 0 fully saturated rings. The summed E-state index contributed by atoms with van der Waals surface area (Å²) in [5.74, 6) is -0.0531. The van der Waals surface area contributed by atoms with Crippen molar-refractivity contribution in [2.75, 3.05) is 13.7 Å². The number of phenolic OH excluding ortho intramolecular Hbond substituents is 1. The van der Waals surface area contributed by atoms with Crippen LogP contribution in [0.3, 0.4) is 0 Å². The van der Waals surface area contributed by atoms with Crippen LogP contribution in [0.1, 0.15) is 57.7 Å². The van der Waals surface area contributed by atoms with Gasteiger partial charge in [-0.1, -0.05) is 38.1 Å². The smallest absolute Gasteiger partial charge is 0.198 e. The Morgan fingerprint density at radius 3 is 2.31 bits per heavy atom. The van der Waals surface area contributed by atoms with Crippen molar-refractivity contribution in [3.63, 3.8) is 0 Å². The van der Waals surface area contributed by atoms with Gasteiger partial charge in [0, 0.05) is 23.3 Å². The molecule has 0 aliphatic heterocycles. The van der Waals surface area contributed by atoms with Gasteiger partial charge in [-0.15, -0.1) is 0 Å². The zero-order valence-electron chi connectivity index (χ0n) is 15.2. The first kappa shape index (κ1) is 18.1. The summed E-state index contributed by atoms with van der Waals surface area (Å²) >= 11 is 0. The van der Waals surface area contributed by atoms with Crippen LogP contribution in [0.15, 0.2) is 30.3 Å². The molecule has 0 amide bonds. The zero-order valence-corrected chi connectivity index (χ0v) is 15.2. The highest BCUT2D eigenvalue weighted by molar-refractivity contribution is 6.29. The molecule has 5 nitrogen and oxygen atoms in total. The van der Waals surface area contributed by atoms with Crippen molar-refractivity contribution in [2.45, 2.75) is 26.9 Å². The van der Waals surface area contributed by atoms with E-state index >= 15 is 0 Å². The number of carbonyl (C=O) groups is 2. The summed E-state index contributed by atoms with van der Waals surface area (Å²) in [7, 11) is 1.46. The van der Waals surface area contributed by atoms with E-state index in [1.807, 2.05) is 0 Å². The molecule has 0 saturated carbocycles. The second-order valence-electron chi connectivity index (χ2n) is 6.77. The van der Waals surface area contributed by atoms with Gasteiger partial charge in [-0.25, -0.2) is 0 Å². The zero-order chi connectivity index (χ0) is 18.8. The van der Waals surface area contributed by atoms with Crippen molar-refractivity contribution in [2.24, 2.45) is 5.92 Å². The number of aromatic hydroxyl groups is 1. The minimum absolute atomic E-state index is 0.0250. The van der Waals surface area contributed by atoms with Crippen LogP contribution in [0.2, 0.25) is 0 Å². The molecule has 0 aromatic heterocycles. The first-order chi connectivity index (χ1) is 12.5. The quantitative estimate of drug-likeness (QED) is 0.683. The van der Waals surface area contributed by atoms with Gasteiger partial charge < -0.3 is 14.6 Å². The Kier molecular flexibility index (Phi) is 5.09. The predicted molar refractivity (Wildman–Crippen MR) is 97.1 cm³/mol. The number of phenols is 1. The third-order valence-electron chi connectivity index (χ3n) is 4.56. The van der Waals surface area contributed by atoms with E-state index in [0.29, 0.717) is 35.0 Å². The Bertz CT molecular complexity index is 867. The van der Waals surface area contributed by atoms with Crippen molar-refractivity contribution in [1.82, 2.24) is 0 Å². The van der Waals surface area contributed by atoms with Crippen LogP contribution in [0.5, 0.6) is 11.5 Å². The minimum Gasteiger partial charge on any atom is -0.507 e. The average molecular weight is 354 g/mol. The lowest BCUT2D eigenvalue weighted by Gasteiger charge is -2.21. The summed E-state index contributed by atoms with van der Waals surface area (Å²) in [5.41, 5.74) is 1.21. The van der Waals surface area contributed by atoms with E-state index in [-0.39, 0.29) is 35.0 Å². The van der Waals surface area contributed by atoms with Gasteiger partial charge in [0.1, 0.15) is 11.5 Å². The molecule has 0 heterocycles. The Morgan fingerprint density at radius 2 is 1.69 bits per heavy atom. The molecule has 3 rings (SSSR count). The molecule has 1 aliphatic rings. The molecule has 0 bridgehead atoms. The third-order valence-corrected chi connectivity index (χ3v) is 4.56. The Hall–Kier alpha value is -2.66. The third kappa shape index (κ3) is 3.10. The molecule has 0 unspecified atom stereocenters. The van der Waals surface area contributed by atoms with Crippen molar-refractivity contribution in [3.05, 3.63) is 58.1 Å². The fourth-order valence-electron chi connectivity index (χ4n) is 3.07. The molecule has 26 heavy (non-hydrogen) atoms. The van der Waals surface area contributed by atoms with Crippen LogP contribution < -0.4 is 4.74 Å². The van der Waals surface area contributed by atoms with E-state index in [1.54, 1.807) is 24.3 Å². The Morgan fingerprint density at radius 1 is 1.04 bits per heavy atom. The highest BCUT2D eigenvalue weighted by atomic mass is 16.5. The van der Waals surface area contributed by atoms with Gasteiger partial charge in [0.2, 0.25) is 0 Å². The van der Waals surface area contributed by atoms with Crippen LogP contribution in [-0.2, 0) is 11.3 Å². The fourth-order valence-corrected chi connectivity index (χ4v) is 3.07. The number of carbonyl (C=O) groups excluding carboxylic acids is 2. The highest BCUT2D eigenvalue weighted by Gasteiger charge is 2.34. The van der Waals surface area contributed by atoms with Crippen LogP contribution in [0.25, 0.3) is 0 Å². The maximum Gasteiger partial charge on any atom is 0.198 e. The molecule has 1 aliphatic carbocycles. The second-order valence-corrected chi connectivity index (χ2v) is 6.77. The number of ether oxygens (including phenoxy) is 2. The first-order valence-electron chi connectivity index (χ1n) is 8.64. The first-order valence-corrected chi connectivity index (χ1v) is 8.64. The van der Waals surface area contributed by atoms with E-state index < -0.39 is 0 Å². The normalized spacial score (nSPS) is 12.9. The SMILES string of the molecule is COc1cc2c(c(O)c1COCCC(C)C)C(=O)c1ccccc1C2=O. The predicted octanol–water partition coefficient (Wildman–Crippen LogP) is 3.74. The number of hydrogen-bond donors (Lipinski definition) is 1. The van der Waals surface area contributed by atoms with E-state index in [4.69, 9.17) is 9.47 Å². The number of hydrogen-bond acceptors (Lipinski definition) is 5. The van der Waals surface area contributed by atoms with Gasteiger partial charge in [-0.3, -0.25) is 9.59 Å². The summed E-state index contributed by atoms with van der Waals surface area (Å²) in [5, 5.41) is 10.7. The number of ketones is 2. The Labute approximate surface area is 152 Å². The van der Waals surface area contributed by atoms with Crippen LogP contribution >= 0.6 is 0 Å². The van der Waals surface area contributed by atoms with E-state index in [1.165, 1.54) is 13.2 Å². The summed E-state index contributed by atoms with van der Waals surface area (Å²) < 4.78 is 11.0. The van der Waals surface area contributed by atoms with Crippen molar-refractivity contribution in [1.29, 1.82) is 0 Å². The van der Waals surface area contributed by atoms with Crippen molar-refractivity contribution in [3.8, 4) is 11.5 Å². The topological polar surface area (TPSA) is 72.8 Å². The average Bonchev–Trinajstić information content (AvgIpc) is 2.63. The molecule has 0 saturated heterocycles. The number of benzene rings is 2. The summed E-state index contributed by atoms with van der Waals surface area (Å²) in [4.78, 5) is 25.6. The van der Waals surface area contributed by atoms with E-state index in [9.17, 15) is 14.7 Å². The molecule has 5 heteroatoms. The molecule has 1 N–H and O–H groups in total. The van der Waals surface area contributed by atoms with Gasteiger partial charge in [-0.2, -0.15) is 0 Å². The summed E-state index contributed by atoms with van der Waals surface area (Å²) in [6.45, 7) is 4.84. The molecule has 0 atom stereocenters. The minimum atomic E-state index is -0.362. The van der Waals surface area contributed by atoms with Crippen LogP contribution in [0.4, 0.5) is 0 Å². The monoisotopic (exact) mass is 354 g/mol. The molecule has 0 spiro atoms. The van der Waals surface area contributed by atoms with Gasteiger partial charge in [-0.05, 0) is 18.4 Å². The number of rotatable bonds is 6. The molecule has 2 aromatic carbocycles.